The molecule has 2 N–H and O–H groups in total. The summed E-state index contributed by atoms with van der Waals surface area (Å²) in [6.07, 6.45) is 0.862. The molecule has 0 aliphatic heterocycles. The third kappa shape index (κ3) is 7.54. The molecule has 0 saturated heterocycles. The zero-order chi connectivity index (χ0) is 20.9. The molecule has 0 amide bonds. The van der Waals surface area contributed by atoms with Crippen molar-refractivity contribution < 1.29 is 18.9 Å². The van der Waals surface area contributed by atoms with E-state index in [0.29, 0.717) is 43.8 Å². The van der Waals surface area contributed by atoms with Gasteiger partial charge in [-0.25, -0.2) is 0 Å². The third-order valence-corrected chi connectivity index (χ3v) is 4.07. The van der Waals surface area contributed by atoms with Gasteiger partial charge in [-0.1, -0.05) is 12.1 Å². The van der Waals surface area contributed by atoms with E-state index in [0.717, 1.165) is 23.4 Å². The Balaban J connectivity index is 1.92. The van der Waals surface area contributed by atoms with Gasteiger partial charge in [-0.3, -0.25) is 4.99 Å². The van der Waals surface area contributed by atoms with Crippen LogP contribution in [0, 0.1) is 0 Å². The monoisotopic (exact) mass is 401 g/mol. The minimum atomic E-state index is 0.585. The second-order valence-electron chi connectivity index (χ2n) is 6.19. The van der Waals surface area contributed by atoms with Crippen LogP contribution >= 0.6 is 0 Å². The van der Waals surface area contributed by atoms with Gasteiger partial charge in [-0.05, 0) is 36.8 Å². The summed E-state index contributed by atoms with van der Waals surface area (Å²) < 4.78 is 21.7. The van der Waals surface area contributed by atoms with Crippen molar-refractivity contribution in [1.29, 1.82) is 0 Å². The quantitative estimate of drug-likeness (QED) is 0.340. The van der Waals surface area contributed by atoms with E-state index in [1.165, 1.54) is 0 Å². The summed E-state index contributed by atoms with van der Waals surface area (Å²) >= 11 is 0. The van der Waals surface area contributed by atoms with Crippen LogP contribution in [-0.2, 0) is 11.3 Å². The molecule has 2 aromatic rings. The topological polar surface area (TPSA) is 73.3 Å². The predicted octanol–water partition coefficient (Wildman–Crippen LogP) is 3.70. The highest BCUT2D eigenvalue weighted by molar-refractivity contribution is 5.93. The summed E-state index contributed by atoms with van der Waals surface area (Å²) in [5.41, 5.74) is 1.95. The van der Waals surface area contributed by atoms with Gasteiger partial charge in [0.1, 0.15) is 5.75 Å². The molecule has 0 saturated carbocycles. The first-order valence-corrected chi connectivity index (χ1v) is 9.69. The van der Waals surface area contributed by atoms with E-state index >= 15 is 0 Å². The SMILES string of the molecule is CCOc1ccc(NC(=NC)NCc2cccc(OCCCOC)c2)cc1OC. The molecular weight excluding hydrogens is 370 g/mol. The number of rotatable bonds is 11. The van der Waals surface area contributed by atoms with Crippen LogP contribution in [0.4, 0.5) is 5.69 Å². The molecule has 7 heteroatoms. The van der Waals surface area contributed by atoms with Crippen molar-refractivity contribution in [2.75, 3.05) is 46.4 Å². The van der Waals surface area contributed by atoms with E-state index in [1.807, 2.05) is 49.4 Å². The van der Waals surface area contributed by atoms with Crippen molar-refractivity contribution in [2.45, 2.75) is 19.9 Å². The zero-order valence-electron chi connectivity index (χ0n) is 17.7. The molecule has 29 heavy (non-hydrogen) atoms. The number of aliphatic imine (C=N–C) groups is 1. The van der Waals surface area contributed by atoms with Gasteiger partial charge in [0, 0.05) is 45.5 Å². The van der Waals surface area contributed by atoms with Crippen LogP contribution in [0.15, 0.2) is 47.5 Å². The number of ether oxygens (including phenoxy) is 4. The first-order chi connectivity index (χ1) is 14.2. The summed E-state index contributed by atoms with van der Waals surface area (Å²) in [6, 6.07) is 13.7. The van der Waals surface area contributed by atoms with Gasteiger partial charge in [-0.2, -0.15) is 0 Å². The Labute approximate surface area is 173 Å². The molecule has 2 rings (SSSR count). The van der Waals surface area contributed by atoms with Gasteiger partial charge >= 0.3 is 0 Å². The molecule has 0 radical (unpaired) electrons. The summed E-state index contributed by atoms with van der Waals surface area (Å²) in [4.78, 5) is 4.28. The number of hydrogen-bond acceptors (Lipinski definition) is 5. The molecule has 0 spiro atoms. The Hall–Kier alpha value is -2.93. The third-order valence-electron chi connectivity index (χ3n) is 4.07. The van der Waals surface area contributed by atoms with Crippen LogP contribution in [0.1, 0.15) is 18.9 Å². The van der Waals surface area contributed by atoms with Crippen molar-refractivity contribution >= 4 is 11.6 Å². The highest BCUT2D eigenvalue weighted by Crippen LogP contribution is 2.30. The highest BCUT2D eigenvalue weighted by Gasteiger charge is 2.07. The van der Waals surface area contributed by atoms with Crippen LogP contribution in [0.3, 0.4) is 0 Å². The van der Waals surface area contributed by atoms with Crippen molar-refractivity contribution in [3.63, 3.8) is 0 Å². The van der Waals surface area contributed by atoms with Crippen molar-refractivity contribution in [3.8, 4) is 17.2 Å². The van der Waals surface area contributed by atoms with E-state index in [1.54, 1.807) is 21.3 Å². The Morgan fingerprint density at radius 2 is 1.86 bits per heavy atom. The van der Waals surface area contributed by atoms with Crippen molar-refractivity contribution in [2.24, 2.45) is 4.99 Å². The van der Waals surface area contributed by atoms with E-state index in [-0.39, 0.29) is 0 Å². The molecule has 0 atom stereocenters. The van der Waals surface area contributed by atoms with Gasteiger partial charge in [-0.15, -0.1) is 0 Å². The molecule has 0 aliphatic rings. The fourth-order valence-corrected chi connectivity index (χ4v) is 2.66. The lowest BCUT2D eigenvalue weighted by Crippen LogP contribution is -2.30. The number of nitrogens with zero attached hydrogens (tertiary/aromatic N) is 1. The van der Waals surface area contributed by atoms with E-state index in [2.05, 4.69) is 15.6 Å². The van der Waals surface area contributed by atoms with E-state index in [9.17, 15) is 0 Å². The number of methoxy groups -OCH3 is 2. The minimum Gasteiger partial charge on any atom is -0.493 e. The second-order valence-corrected chi connectivity index (χ2v) is 6.19. The lowest BCUT2D eigenvalue weighted by Gasteiger charge is -2.15. The van der Waals surface area contributed by atoms with Crippen LogP contribution in [0.2, 0.25) is 0 Å². The average Bonchev–Trinajstić information content (AvgIpc) is 2.75. The van der Waals surface area contributed by atoms with Crippen LogP contribution < -0.4 is 24.8 Å². The first-order valence-electron chi connectivity index (χ1n) is 9.69. The molecule has 7 nitrogen and oxygen atoms in total. The Bertz CT molecular complexity index is 780. The first kappa shape index (κ1) is 22.4. The summed E-state index contributed by atoms with van der Waals surface area (Å²) in [7, 11) is 5.05. The summed E-state index contributed by atoms with van der Waals surface area (Å²) in [5.74, 6) is 2.89. The lowest BCUT2D eigenvalue weighted by molar-refractivity contribution is 0.172. The fourth-order valence-electron chi connectivity index (χ4n) is 2.66. The van der Waals surface area contributed by atoms with Crippen LogP contribution in [0.25, 0.3) is 0 Å². The normalized spacial score (nSPS) is 11.1. The van der Waals surface area contributed by atoms with Gasteiger partial charge in [0.2, 0.25) is 0 Å². The largest absolute Gasteiger partial charge is 0.493 e. The van der Waals surface area contributed by atoms with Gasteiger partial charge in [0.15, 0.2) is 17.5 Å². The molecule has 0 aromatic heterocycles. The smallest absolute Gasteiger partial charge is 0.195 e. The molecule has 0 aliphatic carbocycles. The predicted molar refractivity (Wildman–Crippen MR) is 116 cm³/mol. The van der Waals surface area contributed by atoms with Gasteiger partial charge < -0.3 is 29.6 Å². The molecule has 158 valence electrons. The second kappa shape index (κ2) is 12.5. The number of benzene rings is 2. The van der Waals surface area contributed by atoms with Crippen LogP contribution in [-0.4, -0.2) is 47.0 Å². The average molecular weight is 402 g/mol. The zero-order valence-corrected chi connectivity index (χ0v) is 17.7. The van der Waals surface area contributed by atoms with Gasteiger partial charge in [0.25, 0.3) is 0 Å². The van der Waals surface area contributed by atoms with Crippen molar-refractivity contribution in [3.05, 3.63) is 48.0 Å². The van der Waals surface area contributed by atoms with E-state index in [4.69, 9.17) is 18.9 Å². The number of guanidine groups is 1. The molecule has 0 bridgehead atoms. The Kier molecular flexibility index (Phi) is 9.65. The number of hydrogen-bond donors (Lipinski definition) is 2. The maximum atomic E-state index is 5.75. The standard InChI is InChI=1S/C22H31N3O4/c1-5-28-20-11-10-18(15-21(20)27-4)25-22(23-2)24-16-17-8-6-9-19(14-17)29-13-7-12-26-3/h6,8-11,14-15H,5,7,12-13,16H2,1-4H3,(H2,23,24,25). The van der Waals surface area contributed by atoms with Gasteiger partial charge in [0.05, 0.1) is 20.3 Å². The summed E-state index contributed by atoms with van der Waals surface area (Å²) in [6.45, 7) is 4.47. The molecule has 0 fully saturated rings. The number of nitrogens with one attached hydrogen (secondary N) is 2. The fraction of sp³-hybridized carbons (Fsp3) is 0.409. The minimum absolute atomic E-state index is 0.585. The van der Waals surface area contributed by atoms with Crippen LogP contribution in [0.5, 0.6) is 17.2 Å². The molecule has 0 heterocycles. The lowest BCUT2D eigenvalue weighted by atomic mass is 10.2. The molecule has 2 aromatic carbocycles. The number of anilines is 1. The summed E-state index contributed by atoms with van der Waals surface area (Å²) in [5, 5.41) is 6.57. The maximum Gasteiger partial charge on any atom is 0.195 e. The Morgan fingerprint density at radius 3 is 2.59 bits per heavy atom. The molecule has 0 unspecified atom stereocenters. The molecular formula is C22H31N3O4. The van der Waals surface area contributed by atoms with E-state index < -0.39 is 0 Å². The maximum absolute atomic E-state index is 5.75. The highest BCUT2D eigenvalue weighted by atomic mass is 16.5. The van der Waals surface area contributed by atoms with Crippen molar-refractivity contribution in [1.82, 2.24) is 5.32 Å². The Morgan fingerprint density at radius 1 is 1.00 bits per heavy atom.